The molecule has 2 rings (SSSR count). The molecule has 0 spiro atoms. The molecule has 22 heavy (non-hydrogen) atoms. The summed E-state index contributed by atoms with van der Waals surface area (Å²) in [7, 11) is 0. The highest BCUT2D eigenvalue weighted by molar-refractivity contribution is 5.98. The number of pyridine rings is 1. The van der Waals surface area contributed by atoms with Gasteiger partial charge in [-0.1, -0.05) is 38.5 Å². The van der Waals surface area contributed by atoms with Gasteiger partial charge in [0.25, 0.3) is 0 Å². The summed E-state index contributed by atoms with van der Waals surface area (Å²) in [4.78, 5) is 27.7. The van der Waals surface area contributed by atoms with Gasteiger partial charge in [0.2, 0.25) is 5.91 Å². The van der Waals surface area contributed by atoms with E-state index in [9.17, 15) is 9.59 Å². The van der Waals surface area contributed by atoms with Crippen molar-refractivity contribution in [1.82, 2.24) is 10.3 Å². The molecule has 2 aromatic rings. The van der Waals surface area contributed by atoms with Crippen LogP contribution in [0.5, 0.6) is 0 Å². The van der Waals surface area contributed by atoms with Crippen molar-refractivity contribution in [2.75, 3.05) is 5.32 Å². The number of amides is 3. The summed E-state index contributed by atoms with van der Waals surface area (Å²) >= 11 is 0. The zero-order valence-corrected chi connectivity index (χ0v) is 12.7. The van der Waals surface area contributed by atoms with Crippen LogP contribution in [0, 0.1) is 5.92 Å². The molecular weight excluding hydrogens is 280 g/mol. The monoisotopic (exact) mass is 300 g/mol. The second kappa shape index (κ2) is 6.89. The molecule has 0 radical (unpaired) electrons. The van der Waals surface area contributed by atoms with Crippen molar-refractivity contribution in [3.63, 3.8) is 0 Å². The van der Waals surface area contributed by atoms with Crippen molar-refractivity contribution in [2.45, 2.75) is 26.3 Å². The number of hydrogen-bond acceptors (Lipinski definition) is 3. The van der Waals surface area contributed by atoms with E-state index in [1.54, 1.807) is 6.20 Å². The van der Waals surface area contributed by atoms with Gasteiger partial charge in [-0.25, -0.2) is 4.79 Å². The van der Waals surface area contributed by atoms with Gasteiger partial charge in [-0.3, -0.25) is 9.78 Å². The number of primary amides is 1. The molecule has 0 aliphatic carbocycles. The Morgan fingerprint density at radius 1 is 1.32 bits per heavy atom. The number of nitrogens with zero attached hydrogens (tertiary/aromatic N) is 1. The highest BCUT2D eigenvalue weighted by atomic mass is 16.2. The zero-order chi connectivity index (χ0) is 16.1. The smallest absolute Gasteiger partial charge is 0.312 e. The Morgan fingerprint density at radius 3 is 2.73 bits per heavy atom. The summed E-state index contributed by atoms with van der Waals surface area (Å²) in [5, 5.41) is 6.21. The number of urea groups is 1. The topological polar surface area (TPSA) is 97.1 Å². The standard InChI is InChI=1S/C16H20N4O2/c1-3-10(2)14(20-16(17)22)15(21)19-12-8-11-6-4-5-7-13(11)18-9-12/h4-10,14H,3H2,1-2H3,(H,19,21)(H3,17,20,22). The first-order valence-corrected chi connectivity index (χ1v) is 7.23. The minimum Gasteiger partial charge on any atom is -0.352 e. The molecule has 2 atom stereocenters. The van der Waals surface area contributed by atoms with Crippen molar-refractivity contribution in [3.8, 4) is 0 Å². The average Bonchev–Trinajstić information content (AvgIpc) is 2.51. The van der Waals surface area contributed by atoms with E-state index in [-0.39, 0.29) is 11.8 Å². The quantitative estimate of drug-likeness (QED) is 0.790. The molecule has 1 aromatic heterocycles. The normalized spacial score (nSPS) is 13.4. The second-order valence-corrected chi connectivity index (χ2v) is 5.28. The van der Waals surface area contributed by atoms with E-state index in [1.807, 2.05) is 44.2 Å². The molecule has 4 N–H and O–H groups in total. The summed E-state index contributed by atoms with van der Waals surface area (Å²) in [6.45, 7) is 3.84. The van der Waals surface area contributed by atoms with E-state index >= 15 is 0 Å². The van der Waals surface area contributed by atoms with Crippen LogP contribution in [-0.2, 0) is 4.79 Å². The molecule has 0 saturated heterocycles. The van der Waals surface area contributed by atoms with Crippen molar-refractivity contribution < 1.29 is 9.59 Å². The maximum atomic E-state index is 12.4. The van der Waals surface area contributed by atoms with Crippen molar-refractivity contribution in [3.05, 3.63) is 36.5 Å². The summed E-state index contributed by atoms with van der Waals surface area (Å²) in [5.74, 6) is -0.328. The van der Waals surface area contributed by atoms with Gasteiger partial charge in [0.05, 0.1) is 17.4 Å². The van der Waals surface area contributed by atoms with Crippen molar-refractivity contribution in [2.24, 2.45) is 11.7 Å². The molecule has 2 unspecified atom stereocenters. The third-order valence-electron chi connectivity index (χ3n) is 3.65. The number of fused-ring (bicyclic) bond motifs is 1. The highest BCUT2D eigenvalue weighted by Gasteiger charge is 2.25. The van der Waals surface area contributed by atoms with Crippen LogP contribution in [-0.4, -0.2) is 23.0 Å². The highest BCUT2D eigenvalue weighted by Crippen LogP contribution is 2.17. The Morgan fingerprint density at radius 2 is 2.05 bits per heavy atom. The molecule has 116 valence electrons. The first-order chi connectivity index (χ1) is 10.5. The van der Waals surface area contributed by atoms with Crippen LogP contribution >= 0.6 is 0 Å². The van der Waals surface area contributed by atoms with Gasteiger partial charge in [0.1, 0.15) is 6.04 Å². The molecule has 0 saturated carbocycles. The molecule has 6 heteroatoms. The van der Waals surface area contributed by atoms with Gasteiger partial charge in [0, 0.05) is 5.39 Å². The Hall–Kier alpha value is -2.63. The predicted molar refractivity (Wildman–Crippen MR) is 86.3 cm³/mol. The number of anilines is 1. The summed E-state index contributed by atoms with van der Waals surface area (Å²) < 4.78 is 0. The number of para-hydroxylation sites is 1. The van der Waals surface area contributed by atoms with Crippen molar-refractivity contribution in [1.29, 1.82) is 0 Å². The van der Waals surface area contributed by atoms with E-state index in [0.717, 1.165) is 17.3 Å². The van der Waals surface area contributed by atoms with Crippen LogP contribution < -0.4 is 16.4 Å². The molecular formula is C16H20N4O2. The lowest BCUT2D eigenvalue weighted by molar-refractivity contribution is -0.119. The lowest BCUT2D eigenvalue weighted by atomic mass is 9.98. The van der Waals surface area contributed by atoms with E-state index in [1.165, 1.54) is 0 Å². The Balaban J connectivity index is 2.18. The molecule has 6 nitrogen and oxygen atoms in total. The van der Waals surface area contributed by atoms with Gasteiger partial charge < -0.3 is 16.4 Å². The first kappa shape index (κ1) is 15.8. The molecule has 0 aliphatic rings. The Kier molecular flexibility index (Phi) is 4.93. The summed E-state index contributed by atoms with van der Waals surface area (Å²) in [6.07, 6.45) is 2.34. The SMILES string of the molecule is CCC(C)C(NC(N)=O)C(=O)Nc1cnc2ccccc2c1. The minimum atomic E-state index is -0.711. The van der Waals surface area contributed by atoms with E-state index < -0.39 is 12.1 Å². The summed E-state index contributed by atoms with van der Waals surface area (Å²) in [5.41, 5.74) is 6.59. The maximum absolute atomic E-state index is 12.4. The third-order valence-corrected chi connectivity index (χ3v) is 3.65. The molecule has 1 aromatic carbocycles. The number of nitrogens with one attached hydrogen (secondary N) is 2. The lowest BCUT2D eigenvalue weighted by Gasteiger charge is -2.22. The Labute approximate surface area is 129 Å². The second-order valence-electron chi connectivity index (χ2n) is 5.28. The number of nitrogens with two attached hydrogens (primary N) is 1. The first-order valence-electron chi connectivity index (χ1n) is 7.23. The Bertz CT molecular complexity index is 687. The maximum Gasteiger partial charge on any atom is 0.312 e. The largest absolute Gasteiger partial charge is 0.352 e. The van der Waals surface area contributed by atoms with Crippen LogP contribution in [0.2, 0.25) is 0 Å². The molecule has 0 bridgehead atoms. The molecule has 1 heterocycles. The van der Waals surface area contributed by atoms with Gasteiger partial charge >= 0.3 is 6.03 Å². The fourth-order valence-corrected chi connectivity index (χ4v) is 2.21. The number of carbonyl (C=O) groups is 2. The number of carbonyl (C=O) groups excluding carboxylic acids is 2. The van der Waals surface area contributed by atoms with E-state index in [4.69, 9.17) is 5.73 Å². The van der Waals surface area contributed by atoms with Gasteiger partial charge in [-0.2, -0.15) is 0 Å². The summed E-state index contributed by atoms with van der Waals surface area (Å²) in [6, 6.07) is 8.10. The van der Waals surface area contributed by atoms with Gasteiger partial charge in [-0.15, -0.1) is 0 Å². The zero-order valence-electron chi connectivity index (χ0n) is 12.7. The number of aromatic nitrogens is 1. The van der Waals surface area contributed by atoms with Crippen molar-refractivity contribution >= 4 is 28.5 Å². The fourth-order valence-electron chi connectivity index (χ4n) is 2.21. The number of rotatable bonds is 5. The third kappa shape index (κ3) is 3.72. The van der Waals surface area contributed by atoms with Crippen LogP contribution in [0.25, 0.3) is 10.9 Å². The molecule has 0 fully saturated rings. The number of benzene rings is 1. The van der Waals surface area contributed by atoms with E-state index in [2.05, 4.69) is 15.6 Å². The minimum absolute atomic E-state index is 0.0269. The predicted octanol–water partition coefficient (Wildman–Crippen LogP) is 2.26. The van der Waals surface area contributed by atoms with Crippen LogP contribution in [0.3, 0.4) is 0 Å². The average molecular weight is 300 g/mol. The van der Waals surface area contributed by atoms with Crippen LogP contribution in [0.15, 0.2) is 36.5 Å². The van der Waals surface area contributed by atoms with Crippen LogP contribution in [0.4, 0.5) is 10.5 Å². The van der Waals surface area contributed by atoms with Crippen LogP contribution in [0.1, 0.15) is 20.3 Å². The van der Waals surface area contributed by atoms with Gasteiger partial charge in [-0.05, 0) is 18.1 Å². The fraction of sp³-hybridized carbons (Fsp3) is 0.312. The molecule has 0 aliphatic heterocycles. The lowest BCUT2D eigenvalue weighted by Crippen LogP contribution is -2.49. The van der Waals surface area contributed by atoms with Gasteiger partial charge in [0.15, 0.2) is 0 Å². The number of hydrogen-bond donors (Lipinski definition) is 3. The molecule has 3 amide bonds. The van der Waals surface area contributed by atoms with E-state index in [0.29, 0.717) is 5.69 Å².